The lowest BCUT2D eigenvalue weighted by molar-refractivity contribution is -0.120. The van der Waals surface area contributed by atoms with Crippen molar-refractivity contribution in [1.82, 2.24) is 15.2 Å². The molecule has 0 fully saturated rings. The molecule has 3 aromatic rings. The number of rotatable bonds is 5. The van der Waals surface area contributed by atoms with Crippen LogP contribution in [0.1, 0.15) is 16.1 Å². The van der Waals surface area contributed by atoms with Crippen LogP contribution in [0.2, 0.25) is 0 Å². The molecule has 0 atom stereocenters. The Morgan fingerprint density at radius 1 is 1.13 bits per heavy atom. The molecule has 23 heavy (non-hydrogen) atoms. The summed E-state index contributed by atoms with van der Waals surface area (Å²) in [5.74, 6) is -0.455. The van der Waals surface area contributed by atoms with Crippen LogP contribution in [0.3, 0.4) is 0 Å². The predicted molar refractivity (Wildman–Crippen MR) is 91.4 cm³/mol. The molecule has 3 rings (SSSR count). The molecule has 0 saturated carbocycles. The first-order chi connectivity index (χ1) is 11.1. The molecule has 0 radical (unpaired) electrons. The number of aryl methyl sites for hydroxylation is 1. The minimum Gasteiger partial charge on any atom is -0.350 e. The second-order valence-electron chi connectivity index (χ2n) is 5.20. The number of amides is 2. The van der Waals surface area contributed by atoms with Gasteiger partial charge >= 0.3 is 0 Å². The molecule has 2 amide bonds. The third kappa shape index (κ3) is 3.43. The third-order valence-electron chi connectivity index (χ3n) is 3.64. The monoisotopic (exact) mass is 327 g/mol. The second-order valence-corrected chi connectivity index (χ2v) is 6.15. The summed E-state index contributed by atoms with van der Waals surface area (Å²) in [6, 6.07) is 13.5. The van der Waals surface area contributed by atoms with E-state index < -0.39 is 0 Å². The van der Waals surface area contributed by atoms with Crippen LogP contribution in [-0.4, -0.2) is 22.9 Å². The van der Waals surface area contributed by atoms with E-state index in [-0.39, 0.29) is 18.4 Å². The molecule has 0 aliphatic carbocycles. The topological polar surface area (TPSA) is 63.1 Å². The van der Waals surface area contributed by atoms with Crippen LogP contribution < -0.4 is 10.6 Å². The van der Waals surface area contributed by atoms with Gasteiger partial charge in [-0.2, -0.15) is 0 Å². The number of carbonyl (C=O) groups excluding carboxylic acids is 2. The summed E-state index contributed by atoms with van der Waals surface area (Å²) in [6.07, 6.45) is 0. The lowest BCUT2D eigenvalue weighted by atomic mass is 10.2. The van der Waals surface area contributed by atoms with Gasteiger partial charge in [0.25, 0.3) is 5.91 Å². The van der Waals surface area contributed by atoms with Gasteiger partial charge in [-0.05, 0) is 23.1 Å². The number of thiophene rings is 1. The maximum atomic E-state index is 12.2. The number of hydrogen-bond donors (Lipinski definition) is 2. The highest BCUT2D eigenvalue weighted by Gasteiger charge is 2.14. The van der Waals surface area contributed by atoms with Crippen molar-refractivity contribution in [3.8, 4) is 0 Å². The smallest absolute Gasteiger partial charge is 0.268 e. The van der Waals surface area contributed by atoms with Gasteiger partial charge in [-0.15, -0.1) is 11.3 Å². The SMILES string of the molecule is Cn1c(C(=O)NCC(=O)NCc2ccccc2)cc2sccc21. The van der Waals surface area contributed by atoms with Crippen LogP contribution in [0.5, 0.6) is 0 Å². The fraction of sp³-hybridized carbons (Fsp3) is 0.176. The van der Waals surface area contributed by atoms with E-state index in [1.807, 2.05) is 59.5 Å². The number of hydrogen-bond acceptors (Lipinski definition) is 3. The second kappa shape index (κ2) is 6.66. The zero-order valence-corrected chi connectivity index (χ0v) is 13.5. The summed E-state index contributed by atoms with van der Waals surface area (Å²) >= 11 is 1.59. The van der Waals surface area contributed by atoms with Crippen LogP contribution >= 0.6 is 11.3 Å². The summed E-state index contributed by atoms with van der Waals surface area (Å²) in [5, 5.41) is 7.43. The normalized spacial score (nSPS) is 10.7. The van der Waals surface area contributed by atoms with Crippen LogP contribution in [0.15, 0.2) is 47.8 Å². The minimum atomic E-state index is -0.245. The maximum Gasteiger partial charge on any atom is 0.268 e. The van der Waals surface area contributed by atoms with Gasteiger partial charge in [-0.25, -0.2) is 0 Å². The Balaban J connectivity index is 1.53. The Labute approximate surface area is 137 Å². The highest BCUT2D eigenvalue weighted by molar-refractivity contribution is 7.17. The van der Waals surface area contributed by atoms with Gasteiger partial charge in [0.1, 0.15) is 5.69 Å². The van der Waals surface area contributed by atoms with E-state index in [0.717, 1.165) is 15.8 Å². The highest BCUT2D eigenvalue weighted by Crippen LogP contribution is 2.23. The first kappa shape index (κ1) is 15.3. The molecule has 1 aromatic carbocycles. The van der Waals surface area contributed by atoms with Crippen molar-refractivity contribution in [2.75, 3.05) is 6.54 Å². The molecule has 0 bridgehead atoms. The van der Waals surface area contributed by atoms with Gasteiger partial charge in [0.2, 0.25) is 5.91 Å². The molecule has 2 N–H and O–H groups in total. The average molecular weight is 327 g/mol. The lowest BCUT2D eigenvalue weighted by Crippen LogP contribution is -2.37. The zero-order chi connectivity index (χ0) is 16.2. The predicted octanol–water partition coefficient (Wildman–Crippen LogP) is 2.29. The summed E-state index contributed by atoms with van der Waals surface area (Å²) < 4.78 is 2.90. The summed E-state index contributed by atoms with van der Waals surface area (Å²) in [7, 11) is 1.85. The molecular formula is C17H17N3O2S. The van der Waals surface area contributed by atoms with E-state index in [2.05, 4.69) is 10.6 Å². The van der Waals surface area contributed by atoms with Crippen molar-refractivity contribution in [3.63, 3.8) is 0 Å². The molecule has 0 spiro atoms. The lowest BCUT2D eigenvalue weighted by Gasteiger charge is -2.08. The van der Waals surface area contributed by atoms with Gasteiger partial charge in [0.15, 0.2) is 0 Å². The molecule has 2 heterocycles. The molecule has 0 unspecified atom stereocenters. The third-order valence-corrected chi connectivity index (χ3v) is 4.49. The molecule has 0 aliphatic rings. The van der Waals surface area contributed by atoms with Gasteiger partial charge in [0.05, 0.1) is 16.8 Å². The van der Waals surface area contributed by atoms with Crippen molar-refractivity contribution in [1.29, 1.82) is 0 Å². The molecule has 2 aromatic heterocycles. The molecule has 0 saturated heterocycles. The van der Waals surface area contributed by atoms with Gasteiger partial charge in [-0.3, -0.25) is 9.59 Å². The van der Waals surface area contributed by atoms with E-state index in [4.69, 9.17) is 0 Å². The van der Waals surface area contributed by atoms with Gasteiger partial charge < -0.3 is 15.2 Å². The van der Waals surface area contributed by atoms with Crippen molar-refractivity contribution in [3.05, 3.63) is 59.1 Å². The Bertz CT molecular complexity index is 836. The van der Waals surface area contributed by atoms with E-state index in [1.54, 1.807) is 11.3 Å². The number of aromatic nitrogens is 1. The fourth-order valence-corrected chi connectivity index (χ4v) is 3.23. The number of nitrogens with zero attached hydrogens (tertiary/aromatic N) is 1. The number of benzene rings is 1. The molecular weight excluding hydrogens is 310 g/mol. The van der Waals surface area contributed by atoms with E-state index in [1.165, 1.54) is 0 Å². The number of fused-ring (bicyclic) bond motifs is 1. The average Bonchev–Trinajstić information content (AvgIpc) is 3.15. The standard InChI is InChI=1S/C17H17N3O2S/c1-20-13-7-8-23-15(13)9-14(20)17(22)19-11-16(21)18-10-12-5-3-2-4-6-12/h2-9H,10-11H2,1H3,(H,18,21)(H,19,22). The molecule has 5 nitrogen and oxygen atoms in total. The summed E-state index contributed by atoms with van der Waals surface area (Å²) in [6.45, 7) is 0.417. The quantitative estimate of drug-likeness (QED) is 0.755. The Kier molecular flexibility index (Phi) is 4.43. The molecule has 6 heteroatoms. The summed E-state index contributed by atoms with van der Waals surface area (Å²) in [4.78, 5) is 24.0. The van der Waals surface area contributed by atoms with Crippen molar-refractivity contribution in [2.24, 2.45) is 7.05 Å². The highest BCUT2D eigenvalue weighted by atomic mass is 32.1. The van der Waals surface area contributed by atoms with E-state index >= 15 is 0 Å². The Morgan fingerprint density at radius 3 is 2.65 bits per heavy atom. The maximum absolute atomic E-state index is 12.2. The van der Waals surface area contributed by atoms with Crippen molar-refractivity contribution in [2.45, 2.75) is 6.54 Å². The van der Waals surface area contributed by atoms with Crippen LogP contribution in [0.4, 0.5) is 0 Å². The minimum absolute atomic E-state index is 0.0372. The van der Waals surface area contributed by atoms with Crippen molar-refractivity contribution >= 4 is 33.4 Å². The Hall–Kier alpha value is -2.60. The molecule has 0 aliphatic heterocycles. The zero-order valence-electron chi connectivity index (χ0n) is 12.7. The number of nitrogens with one attached hydrogen (secondary N) is 2. The van der Waals surface area contributed by atoms with E-state index in [9.17, 15) is 9.59 Å². The number of carbonyl (C=O) groups is 2. The first-order valence-electron chi connectivity index (χ1n) is 7.27. The summed E-state index contributed by atoms with van der Waals surface area (Å²) in [5.41, 5.74) is 2.60. The van der Waals surface area contributed by atoms with Gasteiger partial charge in [-0.1, -0.05) is 30.3 Å². The van der Waals surface area contributed by atoms with Crippen LogP contribution in [0, 0.1) is 0 Å². The fourth-order valence-electron chi connectivity index (χ4n) is 2.38. The van der Waals surface area contributed by atoms with Crippen LogP contribution in [0.25, 0.3) is 10.2 Å². The first-order valence-corrected chi connectivity index (χ1v) is 8.15. The molecule has 118 valence electrons. The largest absolute Gasteiger partial charge is 0.350 e. The van der Waals surface area contributed by atoms with E-state index in [0.29, 0.717) is 12.2 Å². The Morgan fingerprint density at radius 2 is 1.91 bits per heavy atom. The van der Waals surface area contributed by atoms with Gasteiger partial charge in [0, 0.05) is 13.6 Å². The van der Waals surface area contributed by atoms with Crippen LogP contribution in [-0.2, 0) is 18.4 Å². The van der Waals surface area contributed by atoms with Crippen molar-refractivity contribution < 1.29 is 9.59 Å².